The van der Waals surface area contributed by atoms with Gasteiger partial charge in [-0.2, -0.15) is 5.26 Å². The minimum absolute atomic E-state index is 0.0459. The minimum atomic E-state index is -0.917. The van der Waals surface area contributed by atoms with Gasteiger partial charge in [-0.3, -0.25) is 19.7 Å². The highest BCUT2D eigenvalue weighted by Gasteiger charge is 2.36. The molecule has 0 aromatic heterocycles. The molecule has 9 heteroatoms. The van der Waals surface area contributed by atoms with E-state index >= 15 is 0 Å². The second-order valence-electron chi connectivity index (χ2n) is 6.81. The molecule has 1 aliphatic heterocycles. The van der Waals surface area contributed by atoms with Crippen LogP contribution in [0.15, 0.2) is 48.5 Å². The standard InChI is InChI=1S/C21H20N4O5/c1-23-12-20(27)24(21(23)28)11-18(25(29)14-26)13-30-19-8-6-17(7-9-19)16-4-2-15(10-22)3-5-16/h2-9,14,18,29H,11-13H2,1H3. The molecule has 1 N–H and O–H groups in total. The molecule has 30 heavy (non-hydrogen) atoms. The van der Waals surface area contributed by atoms with Gasteiger partial charge in [0.1, 0.15) is 24.9 Å². The van der Waals surface area contributed by atoms with Crippen LogP contribution in [0.25, 0.3) is 11.1 Å². The zero-order valence-electron chi connectivity index (χ0n) is 16.3. The van der Waals surface area contributed by atoms with Gasteiger partial charge in [-0.25, -0.2) is 9.86 Å². The van der Waals surface area contributed by atoms with Gasteiger partial charge in [-0.1, -0.05) is 24.3 Å². The molecule has 9 nitrogen and oxygen atoms in total. The van der Waals surface area contributed by atoms with Crippen LogP contribution in [-0.4, -0.2) is 71.2 Å². The minimum Gasteiger partial charge on any atom is -0.491 e. The number of hydroxylamine groups is 2. The van der Waals surface area contributed by atoms with Gasteiger partial charge in [0.15, 0.2) is 0 Å². The van der Waals surface area contributed by atoms with Crippen LogP contribution in [0.2, 0.25) is 0 Å². The summed E-state index contributed by atoms with van der Waals surface area (Å²) in [6.07, 6.45) is 0.205. The van der Waals surface area contributed by atoms with E-state index in [1.807, 2.05) is 24.3 Å². The van der Waals surface area contributed by atoms with Gasteiger partial charge >= 0.3 is 6.03 Å². The maximum absolute atomic E-state index is 12.0. The number of nitrogens with zero attached hydrogens (tertiary/aromatic N) is 4. The van der Waals surface area contributed by atoms with Crippen molar-refractivity contribution in [1.29, 1.82) is 5.26 Å². The molecule has 2 aromatic rings. The first-order valence-corrected chi connectivity index (χ1v) is 9.14. The molecule has 3 rings (SSSR count). The van der Waals surface area contributed by atoms with Crippen LogP contribution in [0.4, 0.5) is 4.79 Å². The van der Waals surface area contributed by atoms with Crippen molar-refractivity contribution in [2.24, 2.45) is 0 Å². The number of rotatable bonds is 8. The molecule has 0 aliphatic carbocycles. The first-order chi connectivity index (χ1) is 14.4. The van der Waals surface area contributed by atoms with Crippen molar-refractivity contribution < 1.29 is 24.3 Å². The summed E-state index contributed by atoms with van der Waals surface area (Å²) in [5.41, 5.74) is 2.45. The third-order valence-corrected chi connectivity index (χ3v) is 4.75. The van der Waals surface area contributed by atoms with Gasteiger partial charge in [-0.15, -0.1) is 0 Å². The maximum Gasteiger partial charge on any atom is 0.327 e. The van der Waals surface area contributed by atoms with Crippen molar-refractivity contribution in [3.05, 3.63) is 54.1 Å². The van der Waals surface area contributed by atoms with E-state index in [1.54, 1.807) is 24.3 Å². The maximum atomic E-state index is 12.0. The van der Waals surface area contributed by atoms with E-state index in [2.05, 4.69) is 6.07 Å². The van der Waals surface area contributed by atoms with E-state index in [0.29, 0.717) is 16.4 Å². The largest absolute Gasteiger partial charge is 0.491 e. The molecule has 0 radical (unpaired) electrons. The van der Waals surface area contributed by atoms with Gasteiger partial charge in [0.05, 0.1) is 18.2 Å². The van der Waals surface area contributed by atoms with Crippen molar-refractivity contribution in [1.82, 2.24) is 14.9 Å². The number of likely N-dealkylation sites (N-methyl/N-ethyl adjacent to an activating group) is 1. The second kappa shape index (κ2) is 9.07. The second-order valence-corrected chi connectivity index (χ2v) is 6.81. The van der Waals surface area contributed by atoms with Crippen LogP contribution >= 0.6 is 0 Å². The Morgan fingerprint density at radius 3 is 2.27 bits per heavy atom. The molecule has 1 atom stereocenters. The Labute approximate surface area is 173 Å². The summed E-state index contributed by atoms with van der Waals surface area (Å²) in [6, 6.07) is 15.0. The molecule has 4 amide bonds. The van der Waals surface area contributed by atoms with Gasteiger partial charge in [0.25, 0.3) is 0 Å². The summed E-state index contributed by atoms with van der Waals surface area (Å²) in [5, 5.41) is 19.1. The number of carbonyl (C=O) groups is 3. The summed E-state index contributed by atoms with van der Waals surface area (Å²) >= 11 is 0. The van der Waals surface area contributed by atoms with Crippen molar-refractivity contribution in [3.8, 4) is 22.9 Å². The summed E-state index contributed by atoms with van der Waals surface area (Å²) < 4.78 is 5.66. The summed E-state index contributed by atoms with van der Waals surface area (Å²) in [5.74, 6) is 0.0893. The molecule has 1 heterocycles. The lowest BCUT2D eigenvalue weighted by Crippen LogP contribution is -2.47. The number of hydrogen-bond acceptors (Lipinski definition) is 6. The Kier molecular flexibility index (Phi) is 6.29. The third kappa shape index (κ3) is 4.56. The fraction of sp³-hybridized carbons (Fsp3) is 0.238. The summed E-state index contributed by atoms with van der Waals surface area (Å²) in [4.78, 5) is 37.2. The predicted octanol–water partition coefficient (Wildman–Crippen LogP) is 1.71. The lowest BCUT2D eigenvalue weighted by molar-refractivity contribution is -0.164. The fourth-order valence-corrected chi connectivity index (χ4v) is 3.03. The number of amides is 4. The number of nitriles is 1. The van der Waals surface area contributed by atoms with E-state index in [4.69, 9.17) is 10.00 Å². The van der Waals surface area contributed by atoms with Crippen LogP contribution < -0.4 is 4.74 Å². The molecule has 0 bridgehead atoms. The molecule has 1 fully saturated rings. The molecule has 1 saturated heterocycles. The lowest BCUT2D eigenvalue weighted by atomic mass is 10.0. The normalized spacial score (nSPS) is 14.4. The molecular formula is C21H20N4O5. The predicted molar refractivity (Wildman–Crippen MR) is 105 cm³/mol. The van der Waals surface area contributed by atoms with Crippen molar-refractivity contribution in [3.63, 3.8) is 0 Å². The number of carbonyl (C=O) groups excluding carboxylic acids is 3. The fourth-order valence-electron chi connectivity index (χ4n) is 3.03. The highest BCUT2D eigenvalue weighted by molar-refractivity contribution is 6.01. The molecule has 2 aromatic carbocycles. The van der Waals surface area contributed by atoms with Gasteiger partial charge < -0.3 is 9.64 Å². The number of benzene rings is 2. The smallest absolute Gasteiger partial charge is 0.327 e. The molecule has 1 unspecified atom stereocenters. The van der Waals surface area contributed by atoms with E-state index in [1.165, 1.54) is 11.9 Å². The van der Waals surface area contributed by atoms with Gasteiger partial charge in [-0.05, 0) is 35.4 Å². The summed E-state index contributed by atoms with van der Waals surface area (Å²) in [6.45, 7) is -0.345. The molecule has 154 valence electrons. The molecule has 0 saturated carbocycles. The zero-order chi connectivity index (χ0) is 21.7. The quantitative estimate of drug-likeness (QED) is 0.308. The van der Waals surface area contributed by atoms with Crippen LogP contribution in [0.5, 0.6) is 5.75 Å². The van der Waals surface area contributed by atoms with Gasteiger partial charge in [0.2, 0.25) is 12.3 Å². The Morgan fingerprint density at radius 1 is 1.17 bits per heavy atom. The monoisotopic (exact) mass is 408 g/mol. The Balaban J connectivity index is 1.65. The molecule has 0 spiro atoms. The third-order valence-electron chi connectivity index (χ3n) is 4.75. The van der Waals surface area contributed by atoms with Crippen LogP contribution in [0.1, 0.15) is 5.56 Å². The Bertz CT molecular complexity index is 968. The highest BCUT2D eigenvalue weighted by Crippen LogP contribution is 2.23. The SMILES string of the molecule is CN1CC(=O)N(CC(COc2ccc(-c3ccc(C#N)cc3)cc2)N(O)C=O)C1=O. The van der Waals surface area contributed by atoms with E-state index in [9.17, 15) is 19.6 Å². The first kappa shape index (κ1) is 20.8. The van der Waals surface area contributed by atoms with Crippen molar-refractivity contribution >= 4 is 18.3 Å². The van der Waals surface area contributed by atoms with Crippen LogP contribution in [0, 0.1) is 11.3 Å². The number of imide groups is 1. The van der Waals surface area contributed by atoms with Crippen LogP contribution in [-0.2, 0) is 9.59 Å². The molecular weight excluding hydrogens is 388 g/mol. The van der Waals surface area contributed by atoms with E-state index < -0.39 is 18.0 Å². The van der Waals surface area contributed by atoms with E-state index in [-0.39, 0.29) is 26.1 Å². The molecule has 1 aliphatic rings. The zero-order valence-corrected chi connectivity index (χ0v) is 16.3. The highest BCUT2D eigenvalue weighted by atomic mass is 16.5. The topological polar surface area (TPSA) is 114 Å². The number of ether oxygens (including phenoxy) is 1. The Hall–Kier alpha value is -3.90. The van der Waals surface area contributed by atoms with E-state index in [0.717, 1.165) is 16.0 Å². The van der Waals surface area contributed by atoms with Crippen molar-refractivity contribution in [2.45, 2.75) is 6.04 Å². The van der Waals surface area contributed by atoms with Gasteiger partial charge in [0, 0.05) is 7.05 Å². The average molecular weight is 408 g/mol. The lowest BCUT2D eigenvalue weighted by Gasteiger charge is -2.26. The Morgan fingerprint density at radius 2 is 1.77 bits per heavy atom. The summed E-state index contributed by atoms with van der Waals surface area (Å²) in [7, 11) is 1.50. The number of hydrogen-bond donors (Lipinski definition) is 1. The first-order valence-electron chi connectivity index (χ1n) is 9.14. The van der Waals surface area contributed by atoms with Crippen molar-refractivity contribution in [2.75, 3.05) is 26.7 Å². The average Bonchev–Trinajstić information content (AvgIpc) is 3.02. The van der Waals surface area contributed by atoms with Crippen LogP contribution in [0.3, 0.4) is 0 Å². The number of urea groups is 1.